The van der Waals surface area contributed by atoms with Crippen molar-refractivity contribution in [2.75, 3.05) is 13.9 Å². The van der Waals surface area contributed by atoms with Crippen molar-refractivity contribution in [3.05, 3.63) is 59.9 Å². The number of para-hydroxylation sites is 1. The van der Waals surface area contributed by atoms with Crippen molar-refractivity contribution in [1.29, 1.82) is 0 Å². The van der Waals surface area contributed by atoms with Gasteiger partial charge < -0.3 is 29.0 Å². The van der Waals surface area contributed by atoms with E-state index in [-0.39, 0.29) is 17.2 Å². The molecule has 2 rings (SSSR count). The standard InChI is InChI=1S/C27H34N2O8/c1-7-20(8-2)24(18(4)36-21-12-10-9-11-13-21)37-27(32)17(3)29-26(31)23-25(35-16-34-19(5)30)22(33-6)14-15-28-23/h7,9-15,17-18,24H,8,16H2,1-6H3,(H,29,31)/b20-7-/t17-,18-,24+/m0/s1. The molecule has 0 aliphatic heterocycles. The number of benzene rings is 1. The predicted molar refractivity (Wildman–Crippen MR) is 135 cm³/mol. The number of nitrogens with one attached hydrogen (secondary N) is 1. The van der Waals surface area contributed by atoms with Crippen LogP contribution in [0.4, 0.5) is 0 Å². The molecule has 1 heterocycles. The zero-order chi connectivity index (χ0) is 27.4. The summed E-state index contributed by atoms with van der Waals surface area (Å²) < 4.78 is 27.2. The lowest BCUT2D eigenvalue weighted by Gasteiger charge is -2.28. The molecule has 200 valence electrons. The lowest BCUT2D eigenvalue weighted by atomic mass is 10.0. The first-order valence-corrected chi connectivity index (χ1v) is 11.9. The van der Waals surface area contributed by atoms with Crippen LogP contribution in [0.3, 0.4) is 0 Å². The van der Waals surface area contributed by atoms with E-state index in [1.165, 1.54) is 33.2 Å². The van der Waals surface area contributed by atoms with Crippen molar-refractivity contribution < 1.29 is 38.1 Å². The number of carbonyl (C=O) groups is 3. The van der Waals surface area contributed by atoms with Gasteiger partial charge in [-0.1, -0.05) is 31.2 Å². The van der Waals surface area contributed by atoms with E-state index < -0.39 is 42.9 Å². The third-order valence-electron chi connectivity index (χ3n) is 5.35. The molecule has 1 N–H and O–H groups in total. The Morgan fingerprint density at radius 3 is 2.41 bits per heavy atom. The van der Waals surface area contributed by atoms with Gasteiger partial charge >= 0.3 is 11.9 Å². The van der Waals surface area contributed by atoms with Crippen molar-refractivity contribution in [3.8, 4) is 17.2 Å². The van der Waals surface area contributed by atoms with Crippen molar-refractivity contribution in [1.82, 2.24) is 10.3 Å². The third-order valence-corrected chi connectivity index (χ3v) is 5.35. The Morgan fingerprint density at radius 1 is 1.11 bits per heavy atom. The molecule has 2 aromatic rings. The highest BCUT2D eigenvalue weighted by atomic mass is 16.7. The summed E-state index contributed by atoms with van der Waals surface area (Å²) in [6, 6.07) is 9.70. The minimum absolute atomic E-state index is 0.0331. The molecule has 0 aliphatic carbocycles. The summed E-state index contributed by atoms with van der Waals surface area (Å²) in [5, 5.41) is 2.58. The van der Waals surface area contributed by atoms with E-state index in [0.717, 1.165) is 5.57 Å². The van der Waals surface area contributed by atoms with Crippen LogP contribution in [0.1, 0.15) is 51.5 Å². The highest BCUT2D eigenvalue weighted by Crippen LogP contribution is 2.29. The van der Waals surface area contributed by atoms with Crippen LogP contribution in [0.15, 0.2) is 54.2 Å². The second-order valence-electron chi connectivity index (χ2n) is 7.99. The second kappa shape index (κ2) is 14.5. The fourth-order valence-corrected chi connectivity index (χ4v) is 3.43. The lowest BCUT2D eigenvalue weighted by molar-refractivity contribution is -0.153. The molecular formula is C27H34N2O8. The van der Waals surface area contributed by atoms with Crippen LogP contribution < -0.4 is 19.5 Å². The first-order chi connectivity index (χ1) is 17.7. The summed E-state index contributed by atoms with van der Waals surface area (Å²) in [6.45, 7) is 7.93. The second-order valence-corrected chi connectivity index (χ2v) is 7.99. The van der Waals surface area contributed by atoms with Crippen LogP contribution in [0.5, 0.6) is 17.2 Å². The van der Waals surface area contributed by atoms with E-state index in [1.54, 1.807) is 0 Å². The molecular weight excluding hydrogens is 480 g/mol. The van der Waals surface area contributed by atoms with Gasteiger partial charge in [-0.25, -0.2) is 9.78 Å². The summed E-state index contributed by atoms with van der Waals surface area (Å²) >= 11 is 0. The van der Waals surface area contributed by atoms with Crippen LogP contribution in [0.25, 0.3) is 0 Å². The predicted octanol–water partition coefficient (Wildman–Crippen LogP) is 3.84. The number of nitrogens with zero attached hydrogens (tertiary/aromatic N) is 1. The average molecular weight is 515 g/mol. The maximum absolute atomic E-state index is 13.0. The first kappa shape index (κ1) is 29.2. The van der Waals surface area contributed by atoms with Crippen LogP contribution in [-0.2, 0) is 19.1 Å². The molecule has 0 spiro atoms. The summed E-state index contributed by atoms with van der Waals surface area (Å²) in [4.78, 5) is 41.1. The van der Waals surface area contributed by atoms with Crippen molar-refractivity contribution in [2.24, 2.45) is 0 Å². The van der Waals surface area contributed by atoms with Gasteiger partial charge in [-0.3, -0.25) is 9.59 Å². The molecule has 37 heavy (non-hydrogen) atoms. The number of ether oxygens (including phenoxy) is 5. The summed E-state index contributed by atoms with van der Waals surface area (Å²) in [7, 11) is 1.39. The molecule has 10 heteroatoms. The highest BCUT2D eigenvalue weighted by Gasteiger charge is 2.30. The van der Waals surface area contributed by atoms with Crippen molar-refractivity contribution in [2.45, 2.75) is 59.3 Å². The molecule has 0 radical (unpaired) electrons. The molecule has 0 saturated carbocycles. The topological polar surface area (TPSA) is 122 Å². The molecule has 0 unspecified atom stereocenters. The van der Waals surface area contributed by atoms with E-state index in [4.69, 9.17) is 23.7 Å². The van der Waals surface area contributed by atoms with E-state index in [2.05, 4.69) is 10.3 Å². The number of allylic oxidation sites excluding steroid dienone is 1. The smallest absolute Gasteiger partial charge is 0.329 e. The zero-order valence-electron chi connectivity index (χ0n) is 22.0. The maximum atomic E-state index is 13.0. The van der Waals surface area contributed by atoms with Crippen LogP contribution in [-0.4, -0.2) is 55.0 Å². The monoisotopic (exact) mass is 514 g/mol. The van der Waals surface area contributed by atoms with Gasteiger partial charge in [0.2, 0.25) is 6.79 Å². The van der Waals surface area contributed by atoms with Crippen LogP contribution in [0, 0.1) is 0 Å². The highest BCUT2D eigenvalue weighted by molar-refractivity contribution is 5.98. The fraction of sp³-hybridized carbons (Fsp3) is 0.407. The maximum Gasteiger partial charge on any atom is 0.329 e. The van der Waals surface area contributed by atoms with Gasteiger partial charge in [-0.05, 0) is 44.9 Å². The lowest BCUT2D eigenvalue weighted by Crippen LogP contribution is -2.44. The largest absolute Gasteiger partial charge is 0.493 e. The quantitative estimate of drug-likeness (QED) is 0.241. The minimum atomic E-state index is -1.02. The number of aromatic nitrogens is 1. The van der Waals surface area contributed by atoms with Gasteiger partial charge in [-0.2, -0.15) is 0 Å². The summed E-state index contributed by atoms with van der Waals surface area (Å²) in [6.07, 6.45) is 2.74. The molecule has 1 aromatic carbocycles. The Balaban J connectivity index is 2.15. The SMILES string of the molecule is C/C=C(/CC)[C@H](OC(=O)[C@H](C)NC(=O)c1nccc(OC)c1OCOC(C)=O)[C@H](C)Oc1ccccc1. The normalized spacial score (nSPS) is 13.5. The number of amides is 1. The number of hydrogen-bond donors (Lipinski definition) is 1. The van der Waals surface area contributed by atoms with E-state index >= 15 is 0 Å². The fourth-order valence-electron chi connectivity index (χ4n) is 3.43. The van der Waals surface area contributed by atoms with E-state index in [9.17, 15) is 14.4 Å². The third kappa shape index (κ3) is 8.52. The Bertz CT molecular complexity index is 1090. The summed E-state index contributed by atoms with van der Waals surface area (Å²) in [5.41, 5.74) is 0.733. The Morgan fingerprint density at radius 2 is 1.81 bits per heavy atom. The number of methoxy groups -OCH3 is 1. The number of esters is 2. The molecule has 3 atom stereocenters. The van der Waals surface area contributed by atoms with Crippen LogP contribution in [0.2, 0.25) is 0 Å². The average Bonchev–Trinajstić information content (AvgIpc) is 2.88. The van der Waals surface area contributed by atoms with E-state index in [1.807, 2.05) is 57.2 Å². The number of pyridine rings is 1. The number of carbonyl (C=O) groups excluding carboxylic acids is 3. The van der Waals surface area contributed by atoms with Gasteiger partial charge in [0.1, 0.15) is 17.9 Å². The molecule has 1 aromatic heterocycles. The molecule has 0 fully saturated rings. The Labute approximate surface area is 216 Å². The van der Waals surface area contributed by atoms with Gasteiger partial charge in [-0.15, -0.1) is 0 Å². The molecule has 1 amide bonds. The molecule has 10 nitrogen and oxygen atoms in total. The molecule has 0 saturated heterocycles. The first-order valence-electron chi connectivity index (χ1n) is 11.9. The van der Waals surface area contributed by atoms with Crippen LogP contribution >= 0.6 is 0 Å². The molecule has 0 bridgehead atoms. The minimum Gasteiger partial charge on any atom is -0.493 e. The van der Waals surface area contributed by atoms with E-state index in [0.29, 0.717) is 12.2 Å². The van der Waals surface area contributed by atoms with Gasteiger partial charge in [0.15, 0.2) is 23.3 Å². The zero-order valence-corrected chi connectivity index (χ0v) is 22.0. The van der Waals surface area contributed by atoms with Gasteiger partial charge in [0.25, 0.3) is 5.91 Å². The Hall–Kier alpha value is -4.08. The van der Waals surface area contributed by atoms with Crippen molar-refractivity contribution in [3.63, 3.8) is 0 Å². The number of rotatable bonds is 13. The number of hydrogen-bond acceptors (Lipinski definition) is 9. The van der Waals surface area contributed by atoms with Crippen molar-refractivity contribution >= 4 is 17.8 Å². The molecule has 0 aliphatic rings. The summed E-state index contributed by atoms with van der Waals surface area (Å²) in [5.74, 6) is -1.09. The Kier molecular flexibility index (Phi) is 11.4. The van der Waals surface area contributed by atoms with Gasteiger partial charge in [0.05, 0.1) is 7.11 Å². The van der Waals surface area contributed by atoms with Gasteiger partial charge in [0, 0.05) is 19.2 Å².